The molecule has 0 bridgehead atoms. The molecule has 0 amide bonds. The number of rotatable bonds is 6. The van der Waals surface area contributed by atoms with E-state index in [2.05, 4.69) is 11.0 Å². The number of benzene rings is 2. The van der Waals surface area contributed by atoms with Gasteiger partial charge in [-0.15, -0.1) is 0 Å². The SMILES string of the molecule is COC(=O)c1ccc(O[C@@H]2C[C@@H]3CN(Cc4cc(C#N)ccc4OC)C[C@@H]3C[C@H]2O)cc1. The fourth-order valence-electron chi connectivity index (χ4n) is 4.92. The highest BCUT2D eigenvalue weighted by atomic mass is 16.5. The molecule has 32 heavy (non-hydrogen) atoms. The number of methoxy groups -OCH3 is 2. The number of aliphatic hydroxyl groups is 1. The van der Waals surface area contributed by atoms with Crippen molar-refractivity contribution in [3.8, 4) is 17.6 Å². The van der Waals surface area contributed by atoms with E-state index in [1.807, 2.05) is 12.1 Å². The molecule has 4 atom stereocenters. The summed E-state index contributed by atoms with van der Waals surface area (Å²) >= 11 is 0. The third kappa shape index (κ3) is 4.72. The van der Waals surface area contributed by atoms with E-state index in [-0.39, 0.29) is 12.1 Å². The Balaban J connectivity index is 1.39. The molecule has 7 nitrogen and oxygen atoms in total. The minimum absolute atomic E-state index is 0.281. The zero-order chi connectivity index (χ0) is 22.7. The van der Waals surface area contributed by atoms with Crippen LogP contribution in [0, 0.1) is 23.2 Å². The highest BCUT2D eigenvalue weighted by Crippen LogP contribution is 2.39. The second-order valence-corrected chi connectivity index (χ2v) is 8.56. The number of nitriles is 1. The van der Waals surface area contributed by atoms with Crippen LogP contribution in [0.2, 0.25) is 0 Å². The molecule has 7 heteroatoms. The fraction of sp³-hybridized carbons (Fsp3) is 0.440. The first-order valence-electron chi connectivity index (χ1n) is 10.8. The van der Waals surface area contributed by atoms with E-state index in [0.717, 1.165) is 30.8 Å². The van der Waals surface area contributed by atoms with Crippen LogP contribution in [0.15, 0.2) is 42.5 Å². The maximum Gasteiger partial charge on any atom is 0.337 e. The summed E-state index contributed by atoms with van der Waals surface area (Å²) in [4.78, 5) is 14.0. The molecule has 0 aromatic heterocycles. The normalized spacial score (nSPS) is 24.9. The molecule has 0 spiro atoms. The molecule has 1 N–H and O–H groups in total. The number of ether oxygens (including phenoxy) is 3. The van der Waals surface area contributed by atoms with Crippen molar-refractivity contribution in [2.45, 2.75) is 31.6 Å². The lowest BCUT2D eigenvalue weighted by Gasteiger charge is -2.35. The molecule has 2 aromatic carbocycles. The van der Waals surface area contributed by atoms with Crippen molar-refractivity contribution in [3.05, 3.63) is 59.2 Å². The topological polar surface area (TPSA) is 92.0 Å². The van der Waals surface area contributed by atoms with E-state index >= 15 is 0 Å². The van der Waals surface area contributed by atoms with Crippen LogP contribution >= 0.6 is 0 Å². The minimum atomic E-state index is -0.534. The van der Waals surface area contributed by atoms with Crippen LogP contribution in [-0.4, -0.2) is 55.5 Å². The minimum Gasteiger partial charge on any atom is -0.496 e. The van der Waals surface area contributed by atoms with Gasteiger partial charge < -0.3 is 19.3 Å². The molecule has 2 aromatic rings. The molecule has 0 unspecified atom stereocenters. The van der Waals surface area contributed by atoms with Gasteiger partial charge in [0.25, 0.3) is 0 Å². The summed E-state index contributed by atoms with van der Waals surface area (Å²) < 4.78 is 16.3. The van der Waals surface area contributed by atoms with E-state index in [4.69, 9.17) is 14.2 Å². The molecule has 2 aliphatic rings. The Morgan fingerprint density at radius 1 is 1.12 bits per heavy atom. The van der Waals surface area contributed by atoms with Crippen LogP contribution in [0.5, 0.6) is 11.5 Å². The Bertz CT molecular complexity index is 1000. The Morgan fingerprint density at radius 2 is 1.84 bits per heavy atom. The lowest BCUT2D eigenvalue weighted by Crippen LogP contribution is -2.42. The van der Waals surface area contributed by atoms with Crippen LogP contribution in [-0.2, 0) is 11.3 Å². The maximum absolute atomic E-state index is 11.6. The van der Waals surface area contributed by atoms with Gasteiger partial charge in [-0.2, -0.15) is 5.26 Å². The van der Waals surface area contributed by atoms with E-state index < -0.39 is 6.10 Å². The van der Waals surface area contributed by atoms with Gasteiger partial charge in [0.15, 0.2) is 0 Å². The standard InChI is InChI=1S/C25H28N2O5/c1-30-23-8-3-16(12-26)9-20(23)15-27-13-18-10-22(28)24(11-19(18)14-27)32-21-6-4-17(5-7-21)25(29)31-2/h3-9,18-19,22,24,28H,10-11,13-15H2,1-2H3/t18-,19+,22+,24+/m0/s1. The number of esters is 1. The molecule has 1 saturated heterocycles. The number of likely N-dealkylation sites (tertiary alicyclic amines) is 1. The summed E-state index contributed by atoms with van der Waals surface area (Å²) in [5, 5.41) is 19.9. The molecule has 2 fully saturated rings. The van der Waals surface area contributed by atoms with Gasteiger partial charge in [-0.25, -0.2) is 4.79 Å². The van der Waals surface area contributed by atoms with Crippen molar-refractivity contribution < 1.29 is 24.1 Å². The predicted molar refractivity (Wildman–Crippen MR) is 117 cm³/mol. The third-order valence-electron chi connectivity index (χ3n) is 6.53. The zero-order valence-electron chi connectivity index (χ0n) is 18.4. The number of carbonyl (C=O) groups is 1. The lowest BCUT2D eigenvalue weighted by atomic mass is 9.78. The number of hydrogen-bond acceptors (Lipinski definition) is 7. The summed E-state index contributed by atoms with van der Waals surface area (Å²) in [6, 6.07) is 14.5. The van der Waals surface area contributed by atoms with Crippen molar-refractivity contribution in [2.24, 2.45) is 11.8 Å². The largest absolute Gasteiger partial charge is 0.496 e. The lowest BCUT2D eigenvalue weighted by molar-refractivity contribution is -0.0231. The monoisotopic (exact) mass is 436 g/mol. The molecule has 1 aliphatic carbocycles. The number of aliphatic hydroxyl groups excluding tert-OH is 1. The van der Waals surface area contributed by atoms with Crippen LogP contribution < -0.4 is 9.47 Å². The third-order valence-corrected chi connectivity index (χ3v) is 6.53. The van der Waals surface area contributed by atoms with Gasteiger partial charge in [0.1, 0.15) is 17.6 Å². The molecule has 4 rings (SSSR count). The van der Waals surface area contributed by atoms with Crippen molar-refractivity contribution in [1.82, 2.24) is 4.90 Å². The number of nitrogens with zero attached hydrogens (tertiary/aromatic N) is 2. The average molecular weight is 437 g/mol. The first-order chi connectivity index (χ1) is 15.5. The van der Waals surface area contributed by atoms with Crippen LogP contribution in [0.3, 0.4) is 0 Å². The number of fused-ring (bicyclic) bond motifs is 1. The predicted octanol–water partition coefficient (Wildman–Crippen LogP) is 3.00. The van der Waals surface area contributed by atoms with E-state index in [1.54, 1.807) is 37.4 Å². The summed E-state index contributed by atoms with van der Waals surface area (Å²) in [5.74, 6) is 1.88. The van der Waals surface area contributed by atoms with Gasteiger partial charge in [-0.05, 0) is 67.1 Å². The van der Waals surface area contributed by atoms with Crippen LogP contribution in [0.1, 0.15) is 34.3 Å². The Labute approximate surface area is 188 Å². The van der Waals surface area contributed by atoms with Crippen molar-refractivity contribution in [2.75, 3.05) is 27.3 Å². The number of hydrogen-bond donors (Lipinski definition) is 1. The highest BCUT2D eigenvalue weighted by Gasteiger charge is 2.42. The fourth-order valence-corrected chi connectivity index (χ4v) is 4.92. The first kappa shape index (κ1) is 22.1. The van der Waals surface area contributed by atoms with E-state index in [9.17, 15) is 15.2 Å². The van der Waals surface area contributed by atoms with Crippen molar-refractivity contribution >= 4 is 5.97 Å². The molecule has 1 heterocycles. The Kier molecular flexibility index (Phi) is 6.63. The van der Waals surface area contributed by atoms with Gasteiger partial charge in [0.2, 0.25) is 0 Å². The van der Waals surface area contributed by atoms with Crippen molar-refractivity contribution in [1.29, 1.82) is 5.26 Å². The molecular weight excluding hydrogens is 408 g/mol. The summed E-state index contributed by atoms with van der Waals surface area (Å²) in [6.07, 6.45) is 0.655. The highest BCUT2D eigenvalue weighted by molar-refractivity contribution is 5.89. The quantitative estimate of drug-likeness (QED) is 0.696. The van der Waals surface area contributed by atoms with Crippen molar-refractivity contribution in [3.63, 3.8) is 0 Å². The average Bonchev–Trinajstić information content (AvgIpc) is 3.19. The van der Waals surface area contributed by atoms with Gasteiger partial charge in [0.05, 0.1) is 37.5 Å². The molecule has 1 aliphatic heterocycles. The Morgan fingerprint density at radius 3 is 2.50 bits per heavy atom. The summed E-state index contributed by atoms with van der Waals surface area (Å²) in [5.41, 5.74) is 2.09. The first-order valence-corrected chi connectivity index (χ1v) is 10.8. The van der Waals surface area contributed by atoms with Crippen LogP contribution in [0.25, 0.3) is 0 Å². The molecular formula is C25H28N2O5. The number of carbonyl (C=O) groups excluding carboxylic acids is 1. The second kappa shape index (κ2) is 9.60. The van der Waals surface area contributed by atoms with Crippen LogP contribution in [0.4, 0.5) is 0 Å². The second-order valence-electron chi connectivity index (χ2n) is 8.56. The van der Waals surface area contributed by atoms with Gasteiger partial charge in [-0.3, -0.25) is 4.90 Å². The van der Waals surface area contributed by atoms with E-state index in [1.165, 1.54) is 7.11 Å². The molecule has 1 saturated carbocycles. The molecule has 168 valence electrons. The van der Waals surface area contributed by atoms with E-state index in [0.29, 0.717) is 41.7 Å². The molecule has 0 radical (unpaired) electrons. The van der Waals surface area contributed by atoms with Gasteiger partial charge >= 0.3 is 5.97 Å². The van der Waals surface area contributed by atoms with Gasteiger partial charge in [0, 0.05) is 25.2 Å². The Hall–Kier alpha value is -3.08. The van der Waals surface area contributed by atoms with Gasteiger partial charge in [-0.1, -0.05) is 0 Å². The maximum atomic E-state index is 11.6. The summed E-state index contributed by atoms with van der Waals surface area (Å²) in [7, 11) is 2.99. The summed E-state index contributed by atoms with van der Waals surface area (Å²) in [6.45, 7) is 2.53. The smallest absolute Gasteiger partial charge is 0.337 e. The zero-order valence-corrected chi connectivity index (χ0v) is 18.4.